The van der Waals surface area contributed by atoms with Crippen LogP contribution >= 0.6 is 0 Å². The van der Waals surface area contributed by atoms with Crippen molar-refractivity contribution in [3.05, 3.63) is 91.0 Å². The van der Waals surface area contributed by atoms with Crippen molar-refractivity contribution in [1.82, 2.24) is 0 Å². The topological polar surface area (TPSA) is 60.7 Å². The van der Waals surface area contributed by atoms with E-state index in [4.69, 9.17) is 15.3 Å². The summed E-state index contributed by atoms with van der Waals surface area (Å²) in [5.41, 5.74) is 0. The molecule has 9 rings (SSSR count). The third kappa shape index (κ3) is 17.0. The Morgan fingerprint density at radius 2 is 0.569 bits per heavy atom. The van der Waals surface area contributed by atoms with Crippen molar-refractivity contribution >= 4 is 0 Å². The largest absolute Gasteiger partial charge is 0.508 e. The van der Waals surface area contributed by atoms with E-state index in [-0.39, 0.29) is 0 Å². The lowest BCUT2D eigenvalue weighted by Crippen LogP contribution is -2.15. The highest BCUT2D eigenvalue weighted by atomic mass is 16.3. The quantitative estimate of drug-likeness (QED) is 0.218. The molecule has 0 aliphatic heterocycles. The molecular weight excluding hydrogens is 625 g/mol. The Bertz CT molecular complexity index is 1010. The van der Waals surface area contributed by atoms with E-state index in [1.165, 1.54) is 60.2 Å². The van der Waals surface area contributed by atoms with Crippen LogP contribution in [0, 0.1) is 47.3 Å². The molecular formula is C48H78O3. The van der Waals surface area contributed by atoms with Gasteiger partial charge in [0.15, 0.2) is 0 Å². The van der Waals surface area contributed by atoms with Crippen LogP contribution in [0.2, 0.25) is 0 Å². The molecule has 3 aromatic carbocycles. The second-order valence-corrected chi connectivity index (χ2v) is 14.6. The SMILES string of the molecule is C1CC2C3CCC(C3)C2C1.C1CC2C3CCC(C3)C2C1.CC.CC.CCC.CCC.Oc1ccccc1.Oc1ccccc1.Oc1ccccc1. The van der Waals surface area contributed by atoms with Crippen molar-refractivity contribution < 1.29 is 15.3 Å². The van der Waals surface area contributed by atoms with Gasteiger partial charge in [-0.1, -0.05) is 136 Å². The third-order valence-electron chi connectivity index (χ3n) is 11.0. The second kappa shape index (κ2) is 28.6. The summed E-state index contributed by atoms with van der Waals surface area (Å²) < 4.78 is 0. The summed E-state index contributed by atoms with van der Waals surface area (Å²) in [6, 6.07) is 26.1. The van der Waals surface area contributed by atoms with Crippen molar-refractivity contribution in [2.45, 2.75) is 145 Å². The van der Waals surface area contributed by atoms with Gasteiger partial charge in [0.1, 0.15) is 17.2 Å². The van der Waals surface area contributed by atoms with E-state index >= 15 is 0 Å². The summed E-state index contributed by atoms with van der Waals surface area (Å²) >= 11 is 0. The average Bonchev–Trinajstić information content (AvgIpc) is 4.02. The van der Waals surface area contributed by atoms with E-state index in [0.717, 1.165) is 0 Å². The Balaban J connectivity index is 0.000000303. The number of para-hydroxylation sites is 3. The summed E-state index contributed by atoms with van der Waals surface area (Å²) in [5.74, 6) is 10.6. The molecule has 3 aromatic rings. The van der Waals surface area contributed by atoms with Crippen LogP contribution in [-0.2, 0) is 0 Å². The minimum absolute atomic E-state index is 0.322. The molecule has 8 atom stereocenters. The maximum absolute atomic E-state index is 8.63. The van der Waals surface area contributed by atoms with Gasteiger partial charge >= 0.3 is 0 Å². The third-order valence-corrected chi connectivity index (χ3v) is 11.0. The highest BCUT2D eigenvalue weighted by molar-refractivity contribution is 5.19. The first kappa shape index (κ1) is 46.1. The lowest BCUT2D eigenvalue weighted by Gasteiger charge is -2.23. The van der Waals surface area contributed by atoms with E-state index in [9.17, 15) is 0 Å². The summed E-state index contributed by atoms with van der Waals surface area (Å²) in [4.78, 5) is 0. The zero-order chi connectivity index (χ0) is 37.9. The Kier molecular flexibility index (Phi) is 25.9. The van der Waals surface area contributed by atoms with E-state index in [1.54, 1.807) is 150 Å². The Morgan fingerprint density at radius 3 is 0.725 bits per heavy atom. The Morgan fingerprint density at radius 1 is 0.373 bits per heavy atom. The number of phenolic OH excluding ortho intramolecular Hbond substituents is 3. The van der Waals surface area contributed by atoms with Crippen molar-refractivity contribution in [3.8, 4) is 17.2 Å². The fraction of sp³-hybridized carbons (Fsp3) is 0.625. The van der Waals surface area contributed by atoms with Gasteiger partial charge < -0.3 is 15.3 Å². The van der Waals surface area contributed by atoms with Crippen molar-refractivity contribution in [2.24, 2.45) is 47.3 Å². The molecule has 3 heteroatoms. The number of fused-ring (bicyclic) bond motifs is 10. The van der Waals surface area contributed by atoms with Gasteiger partial charge in [0.25, 0.3) is 0 Å². The Hall–Kier alpha value is -2.94. The normalized spacial score (nSPS) is 27.1. The molecule has 6 aliphatic rings. The van der Waals surface area contributed by atoms with Gasteiger partial charge in [-0.15, -0.1) is 0 Å². The van der Waals surface area contributed by atoms with Crippen LogP contribution < -0.4 is 0 Å². The molecule has 0 aromatic heterocycles. The summed E-state index contributed by atoms with van der Waals surface area (Å²) in [7, 11) is 0. The monoisotopic (exact) mass is 703 g/mol. The zero-order valence-corrected chi connectivity index (χ0v) is 34.0. The molecule has 6 aliphatic carbocycles. The first-order chi connectivity index (χ1) is 24.9. The van der Waals surface area contributed by atoms with Crippen LogP contribution in [-0.4, -0.2) is 15.3 Å². The van der Waals surface area contributed by atoms with E-state index in [1.807, 2.05) is 45.9 Å². The number of benzene rings is 3. The molecule has 3 nitrogen and oxygen atoms in total. The first-order valence-electron chi connectivity index (χ1n) is 21.1. The molecule has 0 amide bonds. The average molecular weight is 703 g/mol. The molecule has 6 fully saturated rings. The van der Waals surface area contributed by atoms with Crippen LogP contribution in [0.15, 0.2) is 91.0 Å². The minimum Gasteiger partial charge on any atom is -0.508 e. The molecule has 0 saturated heterocycles. The van der Waals surface area contributed by atoms with Crippen LogP contribution in [0.25, 0.3) is 0 Å². The zero-order valence-electron chi connectivity index (χ0n) is 34.0. The van der Waals surface area contributed by atoms with Gasteiger partial charge in [0, 0.05) is 0 Å². The standard InChI is InChI=1S/2C10H16.3C6H6O.2C3H8.2C2H6/c2*1-2-9-7-4-5-8(6-7)10(9)3-1;3*7-6-4-2-1-3-5-6;2*1-3-2;2*1-2/h2*7-10H,1-6H2;3*1-5,7H;2*3H2,1-2H3;2*1-2H3. The van der Waals surface area contributed by atoms with Crippen LogP contribution in [0.4, 0.5) is 0 Å². The number of aromatic hydroxyl groups is 3. The summed E-state index contributed by atoms with van der Waals surface area (Å²) in [6.07, 6.45) is 21.6. The molecule has 8 unspecified atom stereocenters. The predicted molar refractivity (Wildman–Crippen MR) is 222 cm³/mol. The lowest BCUT2D eigenvalue weighted by molar-refractivity contribution is 0.259. The van der Waals surface area contributed by atoms with Crippen molar-refractivity contribution in [2.75, 3.05) is 0 Å². The minimum atomic E-state index is 0.322. The first-order valence-corrected chi connectivity index (χ1v) is 21.1. The fourth-order valence-electron chi connectivity index (χ4n) is 9.32. The van der Waals surface area contributed by atoms with E-state index in [2.05, 4.69) is 27.7 Å². The molecule has 4 bridgehead atoms. The van der Waals surface area contributed by atoms with Gasteiger partial charge in [-0.2, -0.15) is 0 Å². The van der Waals surface area contributed by atoms with Crippen LogP contribution in [0.3, 0.4) is 0 Å². The molecule has 0 spiro atoms. The van der Waals surface area contributed by atoms with Gasteiger partial charge in [-0.25, -0.2) is 0 Å². The lowest BCUT2D eigenvalue weighted by atomic mass is 9.82. The van der Waals surface area contributed by atoms with Crippen LogP contribution in [0.1, 0.15) is 145 Å². The fourth-order valence-corrected chi connectivity index (χ4v) is 9.32. The maximum atomic E-state index is 8.63. The predicted octanol–water partition coefficient (Wildman–Crippen LogP) is 14.7. The van der Waals surface area contributed by atoms with Gasteiger partial charge in [-0.05, 0) is 148 Å². The van der Waals surface area contributed by atoms with E-state index < -0.39 is 0 Å². The Labute approximate surface area is 315 Å². The van der Waals surface area contributed by atoms with Crippen molar-refractivity contribution in [3.63, 3.8) is 0 Å². The van der Waals surface area contributed by atoms with Crippen molar-refractivity contribution in [1.29, 1.82) is 0 Å². The molecule has 288 valence electrons. The summed E-state index contributed by atoms with van der Waals surface area (Å²) in [6.45, 7) is 16.5. The molecule has 0 heterocycles. The smallest absolute Gasteiger partial charge is 0.115 e. The highest BCUT2D eigenvalue weighted by Gasteiger charge is 2.49. The van der Waals surface area contributed by atoms with Crippen LogP contribution in [0.5, 0.6) is 17.2 Å². The van der Waals surface area contributed by atoms with Gasteiger partial charge in [-0.3, -0.25) is 0 Å². The molecule has 51 heavy (non-hydrogen) atoms. The molecule has 6 saturated carbocycles. The molecule has 0 radical (unpaired) electrons. The summed E-state index contributed by atoms with van der Waals surface area (Å²) in [5, 5.41) is 25.9. The highest BCUT2D eigenvalue weighted by Crippen LogP contribution is 2.59. The number of rotatable bonds is 0. The van der Waals surface area contributed by atoms with Gasteiger partial charge in [0.2, 0.25) is 0 Å². The second-order valence-electron chi connectivity index (χ2n) is 14.6. The van der Waals surface area contributed by atoms with Gasteiger partial charge in [0.05, 0.1) is 0 Å². The number of hydrogen-bond acceptors (Lipinski definition) is 3. The molecule has 3 N–H and O–H groups in total. The maximum Gasteiger partial charge on any atom is 0.115 e. The number of hydrogen-bond donors (Lipinski definition) is 3. The van der Waals surface area contributed by atoms with E-state index in [0.29, 0.717) is 17.2 Å². The number of phenols is 3.